The lowest BCUT2D eigenvalue weighted by atomic mass is 9.85. The molecule has 0 spiro atoms. The molecule has 15 heavy (non-hydrogen) atoms. The van der Waals surface area contributed by atoms with Gasteiger partial charge in [-0.15, -0.1) is 0 Å². The fourth-order valence-electron chi connectivity index (χ4n) is 1.20. The molecule has 0 aliphatic heterocycles. The molecular formula is C11H10F3N. The summed E-state index contributed by atoms with van der Waals surface area (Å²) in [7, 11) is 0. The summed E-state index contributed by atoms with van der Waals surface area (Å²) < 4.78 is 39.8. The average Bonchev–Trinajstić information content (AvgIpc) is 2.20. The summed E-state index contributed by atoms with van der Waals surface area (Å²) in [6.07, 6.45) is 0. The van der Waals surface area contributed by atoms with E-state index in [9.17, 15) is 13.2 Å². The molecule has 0 atom stereocenters. The highest BCUT2D eigenvalue weighted by molar-refractivity contribution is 5.35. The van der Waals surface area contributed by atoms with Gasteiger partial charge in [0.05, 0.1) is 11.5 Å². The third-order valence-electron chi connectivity index (χ3n) is 2.34. The molecule has 1 aromatic carbocycles. The van der Waals surface area contributed by atoms with E-state index in [1.165, 1.54) is 13.8 Å². The van der Waals surface area contributed by atoms with E-state index in [0.29, 0.717) is 0 Å². The van der Waals surface area contributed by atoms with E-state index >= 15 is 0 Å². The molecular weight excluding hydrogens is 203 g/mol. The predicted octanol–water partition coefficient (Wildman–Crippen LogP) is 3.21. The van der Waals surface area contributed by atoms with Crippen LogP contribution in [0.3, 0.4) is 0 Å². The van der Waals surface area contributed by atoms with Crippen LogP contribution < -0.4 is 0 Å². The van der Waals surface area contributed by atoms with E-state index in [1.54, 1.807) is 6.07 Å². The van der Waals surface area contributed by atoms with Crippen LogP contribution in [0.1, 0.15) is 25.0 Å². The second-order valence-corrected chi connectivity index (χ2v) is 3.90. The highest BCUT2D eigenvalue weighted by atomic mass is 19.2. The lowest BCUT2D eigenvalue weighted by molar-refractivity contribution is 0.460. The van der Waals surface area contributed by atoms with Crippen LogP contribution in [0, 0.1) is 35.7 Å². The zero-order valence-electron chi connectivity index (χ0n) is 8.66. The summed E-state index contributed by atoms with van der Waals surface area (Å²) in [4.78, 5) is 0. The minimum Gasteiger partial charge on any atom is -0.207 e. The van der Waals surface area contributed by atoms with Crippen LogP contribution in [-0.2, 0) is 5.41 Å². The number of halogens is 3. The Labute approximate surface area is 86.1 Å². The Bertz CT molecular complexity index is 444. The van der Waals surface area contributed by atoms with Gasteiger partial charge >= 0.3 is 0 Å². The van der Waals surface area contributed by atoms with Gasteiger partial charge in [-0.1, -0.05) is 0 Å². The average molecular weight is 213 g/mol. The largest absolute Gasteiger partial charge is 0.207 e. The molecule has 80 valence electrons. The minimum absolute atomic E-state index is 0.259. The SMILES string of the molecule is Cc1c(F)cc(C(C)(C)C#N)c(F)c1F. The van der Waals surface area contributed by atoms with Crippen molar-refractivity contribution in [1.82, 2.24) is 0 Å². The number of rotatable bonds is 1. The number of nitriles is 1. The quantitative estimate of drug-likeness (QED) is 0.657. The Kier molecular flexibility index (Phi) is 2.76. The van der Waals surface area contributed by atoms with Crippen LogP contribution in [0.15, 0.2) is 6.07 Å². The molecule has 0 aromatic heterocycles. The maximum atomic E-state index is 13.4. The van der Waals surface area contributed by atoms with Gasteiger partial charge in [-0.05, 0) is 26.8 Å². The Balaban J connectivity index is 3.54. The van der Waals surface area contributed by atoms with Crippen LogP contribution in [0.5, 0.6) is 0 Å². The van der Waals surface area contributed by atoms with Gasteiger partial charge in [-0.3, -0.25) is 0 Å². The fourth-order valence-corrected chi connectivity index (χ4v) is 1.20. The summed E-state index contributed by atoms with van der Waals surface area (Å²) in [6, 6.07) is 2.67. The smallest absolute Gasteiger partial charge is 0.164 e. The molecule has 0 heterocycles. The highest BCUT2D eigenvalue weighted by Crippen LogP contribution is 2.29. The van der Waals surface area contributed by atoms with E-state index in [-0.39, 0.29) is 11.1 Å². The molecule has 0 saturated heterocycles. The number of hydrogen-bond donors (Lipinski definition) is 0. The zero-order chi connectivity index (χ0) is 11.8. The van der Waals surface area contributed by atoms with Crippen LogP contribution in [-0.4, -0.2) is 0 Å². The van der Waals surface area contributed by atoms with Gasteiger partial charge in [0.15, 0.2) is 11.6 Å². The molecule has 0 saturated carbocycles. The van der Waals surface area contributed by atoms with Crippen molar-refractivity contribution in [1.29, 1.82) is 5.26 Å². The van der Waals surface area contributed by atoms with Gasteiger partial charge in [0.2, 0.25) is 0 Å². The second-order valence-electron chi connectivity index (χ2n) is 3.90. The van der Waals surface area contributed by atoms with Crippen molar-refractivity contribution in [3.8, 4) is 6.07 Å². The molecule has 0 aliphatic rings. The lowest BCUT2D eigenvalue weighted by Gasteiger charge is -2.17. The van der Waals surface area contributed by atoms with Crippen molar-refractivity contribution >= 4 is 0 Å². The highest BCUT2D eigenvalue weighted by Gasteiger charge is 2.28. The van der Waals surface area contributed by atoms with Crippen molar-refractivity contribution < 1.29 is 13.2 Å². The summed E-state index contributed by atoms with van der Waals surface area (Å²) >= 11 is 0. The predicted molar refractivity (Wildman–Crippen MR) is 49.7 cm³/mol. The van der Waals surface area contributed by atoms with Gasteiger partial charge < -0.3 is 0 Å². The van der Waals surface area contributed by atoms with Gasteiger partial charge in [0.25, 0.3) is 0 Å². The zero-order valence-corrected chi connectivity index (χ0v) is 8.66. The lowest BCUT2D eigenvalue weighted by Crippen LogP contribution is -2.18. The summed E-state index contributed by atoms with van der Waals surface area (Å²) in [6.45, 7) is 3.95. The first-order chi connectivity index (χ1) is 6.81. The van der Waals surface area contributed by atoms with Crippen molar-refractivity contribution in [2.24, 2.45) is 0 Å². The molecule has 1 rings (SSSR count). The van der Waals surface area contributed by atoms with Crippen molar-refractivity contribution in [3.05, 3.63) is 34.6 Å². The van der Waals surface area contributed by atoms with Gasteiger partial charge in [0, 0.05) is 11.1 Å². The van der Waals surface area contributed by atoms with E-state index in [4.69, 9.17) is 5.26 Å². The molecule has 0 amide bonds. The van der Waals surface area contributed by atoms with Crippen LogP contribution in [0.4, 0.5) is 13.2 Å². The van der Waals surface area contributed by atoms with Crippen LogP contribution in [0.25, 0.3) is 0 Å². The van der Waals surface area contributed by atoms with E-state index in [0.717, 1.165) is 13.0 Å². The van der Waals surface area contributed by atoms with E-state index in [1.807, 2.05) is 0 Å². The van der Waals surface area contributed by atoms with Gasteiger partial charge in [-0.25, -0.2) is 13.2 Å². The maximum Gasteiger partial charge on any atom is 0.164 e. The number of hydrogen-bond acceptors (Lipinski definition) is 1. The molecule has 0 N–H and O–H groups in total. The van der Waals surface area contributed by atoms with Crippen molar-refractivity contribution in [2.75, 3.05) is 0 Å². The Morgan fingerprint density at radius 3 is 2.20 bits per heavy atom. The Hall–Kier alpha value is -1.50. The Morgan fingerprint density at radius 1 is 1.20 bits per heavy atom. The number of benzene rings is 1. The molecule has 0 unspecified atom stereocenters. The van der Waals surface area contributed by atoms with E-state index in [2.05, 4.69) is 0 Å². The topological polar surface area (TPSA) is 23.8 Å². The molecule has 1 aromatic rings. The molecule has 0 aliphatic carbocycles. The molecule has 0 bridgehead atoms. The molecule has 0 radical (unpaired) electrons. The molecule has 0 fully saturated rings. The van der Waals surface area contributed by atoms with Crippen molar-refractivity contribution in [2.45, 2.75) is 26.2 Å². The first-order valence-corrected chi connectivity index (χ1v) is 4.37. The minimum atomic E-state index is -1.25. The van der Waals surface area contributed by atoms with E-state index < -0.39 is 22.9 Å². The third-order valence-corrected chi connectivity index (χ3v) is 2.34. The fraction of sp³-hybridized carbons (Fsp3) is 0.364. The first kappa shape index (κ1) is 11.6. The van der Waals surface area contributed by atoms with Crippen molar-refractivity contribution in [3.63, 3.8) is 0 Å². The molecule has 4 heteroatoms. The summed E-state index contributed by atoms with van der Waals surface area (Å²) in [5.41, 5.74) is -1.88. The third kappa shape index (κ3) is 1.82. The first-order valence-electron chi connectivity index (χ1n) is 4.37. The van der Waals surface area contributed by atoms with Gasteiger partial charge in [0.1, 0.15) is 5.82 Å². The second kappa shape index (κ2) is 3.58. The maximum absolute atomic E-state index is 13.4. The van der Waals surface area contributed by atoms with Crippen LogP contribution >= 0.6 is 0 Å². The summed E-state index contributed by atoms with van der Waals surface area (Å²) in [5.74, 6) is -3.22. The summed E-state index contributed by atoms with van der Waals surface area (Å²) in [5, 5.41) is 8.76. The van der Waals surface area contributed by atoms with Crippen LogP contribution in [0.2, 0.25) is 0 Å². The normalized spacial score (nSPS) is 11.3. The monoisotopic (exact) mass is 213 g/mol. The Morgan fingerprint density at radius 2 is 1.73 bits per heavy atom. The van der Waals surface area contributed by atoms with Gasteiger partial charge in [-0.2, -0.15) is 5.26 Å². The molecule has 1 nitrogen and oxygen atoms in total. The number of nitrogens with zero attached hydrogens (tertiary/aromatic N) is 1. The standard InChI is InChI=1S/C11H10F3N/c1-6-8(12)4-7(10(14)9(6)13)11(2,3)5-15/h4H,1-3H3.